The molecule has 0 saturated carbocycles. The zero-order chi connectivity index (χ0) is 23.3. The number of anilines is 2. The van der Waals surface area contributed by atoms with E-state index in [1.807, 2.05) is 0 Å². The number of aromatic nitrogens is 1. The van der Waals surface area contributed by atoms with Crippen molar-refractivity contribution in [1.82, 2.24) is 4.98 Å². The van der Waals surface area contributed by atoms with Crippen LogP contribution in [0.25, 0.3) is 6.08 Å². The molecule has 0 fully saturated rings. The van der Waals surface area contributed by atoms with Crippen LogP contribution in [0.4, 0.5) is 24.5 Å². The molecule has 1 aromatic heterocycles. The molecule has 164 valence electrons. The zero-order valence-corrected chi connectivity index (χ0v) is 17.5. The predicted molar refractivity (Wildman–Crippen MR) is 117 cm³/mol. The van der Waals surface area contributed by atoms with Gasteiger partial charge in [0, 0.05) is 35.4 Å². The minimum absolute atomic E-state index is 0.0581. The van der Waals surface area contributed by atoms with E-state index >= 15 is 0 Å². The van der Waals surface area contributed by atoms with Crippen LogP contribution in [0.5, 0.6) is 0 Å². The minimum Gasteiger partial charge on any atom is -0.322 e. The van der Waals surface area contributed by atoms with Crippen molar-refractivity contribution in [1.29, 1.82) is 0 Å². The van der Waals surface area contributed by atoms with Crippen molar-refractivity contribution in [3.63, 3.8) is 0 Å². The van der Waals surface area contributed by atoms with Gasteiger partial charge in [-0.15, -0.1) is 0 Å². The molecule has 0 bridgehead atoms. The van der Waals surface area contributed by atoms with Crippen LogP contribution in [0.3, 0.4) is 0 Å². The van der Waals surface area contributed by atoms with Gasteiger partial charge in [-0.25, -0.2) is 0 Å². The maximum absolute atomic E-state index is 13.0. The summed E-state index contributed by atoms with van der Waals surface area (Å²) in [4.78, 5) is 28.7. The Hall–Kier alpha value is -3.65. The Morgan fingerprint density at radius 2 is 1.84 bits per heavy atom. The standard InChI is InChI=1S/C23H17ClF3N3O2/c1-14-4-6-16(11-20(14)30-21(31)9-5-15-3-2-10-28-13-15)22(32)29-17-7-8-19(24)18(12-17)23(25,26)27/h2-13H,1H3,(H,29,32)(H,30,31)/b9-5+. The van der Waals surface area contributed by atoms with Crippen LogP contribution in [-0.2, 0) is 11.0 Å². The second-order valence-electron chi connectivity index (χ2n) is 6.79. The lowest BCUT2D eigenvalue weighted by molar-refractivity contribution is -0.137. The summed E-state index contributed by atoms with van der Waals surface area (Å²) >= 11 is 5.60. The number of hydrogen-bond acceptors (Lipinski definition) is 3. The van der Waals surface area contributed by atoms with Crippen LogP contribution >= 0.6 is 11.6 Å². The fourth-order valence-electron chi connectivity index (χ4n) is 2.74. The van der Waals surface area contributed by atoms with Gasteiger partial charge in [-0.1, -0.05) is 23.7 Å². The minimum atomic E-state index is -4.65. The topological polar surface area (TPSA) is 71.1 Å². The Kier molecular flexibility index (Phi) is 6.95. The van der Waals surface area contributed by atoms with E-state index in [1.165, 1.54) is 24.3 Å². The average Bonchev–Trinajstić information content (AvgIpc) is 2.75. The molecule has 0 aliphatic carbocycles. The Morgan fingerprint density at radius 1 is 1.06 bits per heavy atom. The lowest BCUT2D eigenvalue weighted by Crippen LogP contribution is -2.15. The van der Waals surface area contributed by atoms with E-state index in [2.05, 4.69) is 15.6 Å². The number of nitrogens with zero attached hydrogens (tertiary/aromatic N) is 1. The number of rotatable bonds is 5. The molecule has 0 atom stereocenters. The number of amides is 2. The summed E-state index contributed by atoms with van der Waals surface area (Å²) < 4.78 is 39.1. The van der Waals surface area contributed by atoms with E-state index in [0.29, 0.717) is 11.3 Å². The lowest BCUT2D eigenvalue weighted by Gasteiger charge is -2.13. The van der Waals surface area contributed by atoms with E-state index < -0.39 is 28.6 Å². The second kappa shape index (κ2) is 9.65. The van der Waals surface area contributed by atoms with Gasteiger partial charge in [-0.3, -0.25) is 14.6 Å². The molecule has 3 aromatic rings. The van der Waals surface area contributed by atoms with Crippen LogP contribution in [0.2, 0.25) is 5.02 Å². The highest BCUT2D eigenvalue weighted by molar-refractivity contribution is 6.31. The van der Waals surface area contributed by atoms with Gasteiger partial charge in [-0.05, 0) is 60.5 Å². The van der Waals surface area contributed by atoms with E-state index in [0.717, 1.165) is 17.7 Å². The predicted octanol–water partition coefficient (Wildman–Crippen LogP) is 5.97. The summed E-state index contributed by atoms with van der Waals surface area (Å²) in [5.74, 6) is -1.05. The third-order valence-corrected chi connectivity index (χ3v) is 4.73. The Labute approximate surface area is 186 Å². The summed E-state index contributed by atoms with van der Waals surface area (Å²) in [5, 5.41) is 4.63. The lowest BCUT2D eigenvalue weighted by atomic mass is 10.1. The normalized spacial score (nSPS) is 11.4. The van der Waals surface area contributed by atoms with Crippen molar-refractivity contribution in [3.8, 4) is 0 Å². The first-order valence-corrected chi connectivity index (χ1v) is 9.69. The summed E-state index contributed by atoms with van der Waals surface area (Å²) in [6.07, 6.45) is 1.48. The van der Waals surface area contributed by atoms with E-state index in [4.69, 9.17) is 11.6 Å². The molecule has 0 saturated heterocycles. The molecule has 3 rings (SSSR count). The molecule has 2 aromatic carbocycles. The maximum Gasteiger partial charge on any atom is 0.417 e. The molecule has 2 amide bonds. The Morgan fingerprint density at radius 3 is 2.53 bits per heavy atom. The molecular weight excluding hydrogens is 443 g/mol. The molecule has 9 heteroatoms. The quantitative estimate of drug-likeness (QED) is 0.462. The molecular formula is C23H17ClF3N3O2. The highest BCUT2D eigenvalue weighted by Crippen LogP contribution is 2.36. The Bertz CT molecular complexity index is 1180. The number of alkyl halides is 3. The number of nitrogens with one attached hydrogen (secondary N) is 2. The number of carbonyl (C=O) groups is 2. The van der Waals surface area contributed by atoms with Crippen molar-refractivity contribution in [2.45, 2.75) is 13.1 Å². The highest BCUT2D eigenvalue weighted by Gasteiger charge is 2.33. The van der Waals surface area contributed by atoms with Gasteiger partial charge in [0.05, 0.1) is 10.6 Å². The molecule has 32 heavy (non-hydrogen) atoms. The second-order valence-corrected chi connectivity index (χ2v) is 7.19. The van der Waals surface area contributed by atoms with Crippen LogP contribution in [0.1, 0.15) is 27.0 Å². The van der Waals surface area contributed by atoms with Crippen molar-refractivity contribution in [2.24, 2.45) is 0 Å². The fourth-order valence-corrected chi connectivity index (χ4v) is 2.97. The third-order valence-electron chi connectivity index (χ3n) is 4.40. The molecule has 0 radical (unpaired) electrons. The number of pyridine rings is 1. The first-order valence-electron chi connectivity index (χ1n) is 9.31. The van der Waals surface area contributed by atoms with Gasteiger partial charge in [0.15, 0.2) is 0 Å². The van der Waals surface area contributed by atoms with E-state index in [-0.39, 0.29) is 11.3 Å². The van der Waals surface area contributed by atoms with Crippen molar-refractivity contribution in [3.05, 3.63) is 94.3 Å². The van der Waals surface area contributed by atoms with Crippen molar-refractivity contribution in [2.75, 3.05) is 10.6 Å². The summed E-state index contributed by atoms with van der Waals surface area (Å²) in [5.41, 5.74) is 0.895. The van der Waals surface area contributed by atoms with Gasteiger partial charge in [0.1, 0.15) is 0 Å². The largest absolute Gasteiger partial charge is 0.417 e. The maximum atomic E-state index is 13.0. The van der Waals surface area contributed by atoms with Gasteiger partial charge in [0.2, 0.25) is 5.91 Å². The summed E-state index contributed by atoms with van der Waals surface area (Å²) in [7, 11) is 0. The van der Waals surface area contributed by atoms with Gasteiger partial charge in [0.25, 0.3) is 5.91 Å². The monoisotopic (exact) mass is 459 g/mol. The zero-order valence-electron chi connectivity index (χ0n) is 16.7. The molecule has 0 aliphatic rings. The number of halogens is 4. The third kappa shape index (κ3) is 5.95. The molecule has 0 aliphatic heterocycles. The van der Waals surface area contributed by atoms with Gasteiger partial charge in [-0.2, -0.15) is 13.2 Å². The van der Waals surface area contributed by atoms with E-state index in [9.17, 15) is 22.8 Å². The SMILES string of the molecule is Cc1ccc(C(=O)Nc2ccc(Cl)c(C(F)(F)F)c2)cc1NC(=O)/C=C/c1cccnc1. The van der Waals surface area contributed by atoms with Gasteiger partial charge >= 0.3 is 6.18 Å². The van der Waals surface area contributed by atoms with E-state index in [1.54, 1.807) is 43.6 Å². The number of carbonyl (C=O) groups excluding carboxylic acids is 2. The van der Waals surface area contributed by atoms with Crippen LogP contribution in [0.15, 0.2) is 67.0 Å². The molecule has 0 unspecified atom stereocenters. The number of hydrogen-bond donors (Lipinski definition) is 2. The van der Waals surface area contributed by atoms with Crippen LogP contribution < -0.4 is 10.6 Å². The van der Waals surface area contributed by atoms with Crippen LogP contribution in [-0.4, -0.2) is 16.8 Å². The highest BCUT2D eigenvalue weighted by atomic mass is 35.5. The van der Waals surface area contributed by atoms with Crippen molar-refractivity contribution >= 4 is 40.9 Å². The van der Waals surface area contributed by atoms with Crippen LogP contribution in [0, 0.1) is 6.92 Å². The average molecular weight is 460 g/mol. The molecule has 2 N–H and O–H groups in total. The fraction of sp³-hybridized carbons (Fsp3) is 0.0870. The summed E-state index contributed by atoms with van der Waals surface area (Å²) in [6.45, 7) is 1.75. The smallest absolute Gasteiger partial charge is 0.322 e. The molecule has 1 heterocycles. The summed E-state index contributed by atoms with van der Waals surface area (Å²) in [6, 6.07) is 11.2. The number of aryl methyl sites for hydroxylation is 1. The first-order chi connectivity index (χ1) is 15.1. The first kappa shape index (κ1) is 23.0. The number of benzene rings is 2. The van der Waals surface area contributed by atoms with Gasteiger partial charge < -0.3 is 10.6 Å². The molecule has 5 nitrogen and oxygen atoms in total. The Balaban J connectivity index is 1.74. The molecule has 0 spiro atoms. The van der Waals surface area contributed by atoms with Crippen molar-refractivity contribution < 1.29 is 22.8 Å².